The summed E-state index contributed by atoms with van der Waals surface area (Å²) in [6, 6.07) is 0. The van der Waals surface area contributed by atoms with E-state index in [-0.39, 0.29) is 0 Å². The first kappa shape index (κ1) is 16.8. The second kappa shape index (κ2) is 5.28. The van der Waals surface area contributed by atoms with Crippen LogP contribution in [0.4, 0.5) is 35.1 Å². The molecule has 0 bridgehead atoms. The lowest BCUT2D eigenvalue weighted by atomic mass is 9.95. The molecule has 0 unspecified atom stereocenters. The first-order chi connectivity index (χ1) is 10.6. The molecule has 0 N–H and O–H groups in total. The van der Waals surface area contributed by atoms with Gasteiger partial charge in [-0.2, -0.15) is 13.2 Å². The summed E-state index contributed by atoms with van der Waals surface area (Å²) < 4.78 is 108. The fourth-order valence-electron chi connectivity index (χ4n) is 2.07. The second-order valence-corrected chi connectivity index (χ2v) is 4.26. The van der Waals surface area contributed by atoms with Crippen molar-refractivity contribution in [3.63, 3.8) is 0 Å². The van der Waals surface area contributed by atoms with E-state index in [0.29, 0.717) is 0 Å². The minimum Gasteiger partial charge on any atom is -0.298 e. The summed E-state index contributed by atoms with van der Waals surface area (Å²) in [5.74, 6) is -11.6. The van der Waals surface area contributed by atoms with E-state index in [0.717, 1.165) is 0 Å². The highest BCUT2D eigenvalue weighted by Crippen LogP contribution is 2.42. The second-order valence-electron chi connectivity index (χ2n) is 4.26. The third-order valence-electron chi connectivity index (χ3n) is 3.04. The summed E-state index contributed by atoms with van der Waals surface area (Å²) in [5, 5.41) is -3.93. The number of halogens is 8. The van der Waals surface area contributed by atoms with Crippen LogP contribution in [0, 0.1) is 29.1 Å². The molecule has 0 amide bonds. The van der Waals surface area contributed by atoms with Crippen LogP contribution in [-0.4, -0.2) is 12.6 Å². The van der Waals surface area contributed by atoms with Crippen LogP contribution in [0.25, 0.3) is 10.8 Å². The van der Waals surface area contributed by atoms with Gasteiger partial charge in [0.25, 0.3) is 0 Å². The van der Waals surface area contributed by atoms with Gasteiger partial charge >= 0.3 is 6.18 Å². The molecule has 0 radical (unpaired) electrons. The SMILES string of the molecule is O=Cc1c(F)c(C(F)(F)F)c2c(F)c(C=O)c(F)c(F)c2c1F. The van der Waals surface area contributed by atoms with Crippen molar-refractivity contribution in [2.24, 2.45) is 0 Å². The summed E-state index contributed by atoms with van der Waals surface area (Å²) in [6.07, 6.45) is -7.02. The normalized spacial score (nSPS) is 11.8. The van der Waals surface area contributed by atoms with Crippen LogP contribution in [0.2, 0.25) is 0 Å². The largest absolute Gasteiger partial charge is 0.419 e. The van der Waals surface area contributed by atoms with Crippen LogP contribution in [-0.2, 0) is 6.18 Å². The number of hydrogen-bond acceptors (Lipinski definition) is 2. The average Bonchev–Trinajstić information content (AvgIpc) is 2.44. The van der Waals surface area contributed by atoms with Crippen LogP contribution >= 0.6 is 0 Å². The van der Waals surface area contributed by atoms with E-state index in [4.69, 9.17) is 0 Å². The molecular formula is C13H2F8O2. The molecule has 0 aliphatic carbocycles. The van der Waals surface area contributed by atoms with Crippen LogP contribution in [0.1, 0.15) is 26.3 Å². The van der Waals surface area contributed by atoms with Gasteiger partial charge in [-0.25, -0.2) is 22.0 Å². The molecule has 2 rings (SSSR count). The highest BCUT2D eigenvalue weighted by Gasteiger charge is 2.42. The minimum absolute atomic E-state index is 0.642. The molecule has 2 aromatic rings. The van der Waals surface area contributed by atoms with Crippen molar-refractivity contribution in [3.8, 4) is 0 Å². The lowest BCUT2D eigenvalue weighted by Crippen LogP contribution is -2.16. The molecule has 0 aromatic heterocycles. The molecule has 0 atom stereocenters. The molecule has 10 heteroatoms. The van der Waals surface area contributed by atoms with Crippen molar-refractivity contribution in [2.45, 2.75) is 6.18 Å². The Morgan fingerprint density at radius 3 is 1.48 bits per heavy atom. The standard InChI is InChI=1S/C13H2F8O2/c14-8-4(2-23)11(17)12(18)6-5(8)7(13(19,20)21)10(16)3(1-22)9(6)15/h1-2H. The van der Waals surface area contributed by atoms with Crippen LogP contribution in [0.5, 0.6) is 0 Å². The van der Waals surface area contributed by atoms with Gasteiger partial charge in [-0.15, -0.1) is 0 Å². The molecular weight excluding hydrogens is 340 g/mol. The number of benzene rings is 2. The molecule has 23 heavy (non-hydrogen) atoms. The van der Waals surface area contributed by atoms with E-state index in [9.17, 15) is 44.7 Å². The fraction of sp³-hybridized carbons (Fsp3) is 0.0769. The number of aldehydes is 2. The zero-order valence-corrected chi connectivity index (χ0v) is 10.5. The predicted molar refractivity (Wildman–Crippen MR) is 59.5 cm³/mol. The van der Waals surface area contributed by atoms with Gasteiger partial charge in [0.2, 0.25) is 0 Å². The zero-order chi connectivity index (χ0) is 17.7. The Kier molecular flexibility index (Phi) is 3.87. The Morgan fingerprint density at radius 2 is 1.04 bits per heavy atom. The zero-order valence-electron chi connectivity index (χ0n) is 10.5. The van der Waals surface area contributed by atoms with Gasteiger partial charge in [0.05, 0.1) is 16.5 Å². The van der Waals surface area contributed by atoms with E-state index in [1.807, 2.05) is 0 Å². The number of carbonyl (C=O) groups is 2. The Balaban J connectivity index is 3.32. The highest BCUT2D eigenvalue weighted by molar-refractivity contribution is 5.97. The molecule has 2 nitrogen and oxygen atoms in total. The maximum Gasteiger partial charge on any atom is 0.419 e. The number of fused-ring (bicyclic) bond motifs is 1. The number of hydrogen-bond donors (Lipinski definition) is 0. The Bertz CT molecular complexity index is 854. The van der Waals surface area contributed by atoms with E-state index in [1.165, 1.54) is 0 Å². The maximum absolute atomic E-state index is 13.9. The molecule has 122 valence electrons. The van der Waals surface area contributed by atoms with Crippen LogP contribution in [0.3, 0.4) is 0 Å². The predicted octanol–water partition coefficient (Wildman–Crippen LogP) is 4.18. The Labute approximate surface area is 121 Å². The summed E-state index contributed by atoms with van der Waals surface area (Å²) in [7, 11) is 0. The molecule has 0 heterocycles. The monoisotopic (exact) mass is 342 g/mol. The summed E-state index contributed by atoms with van der Waals surface area (Å²) in [6.45, 7) is 0. The van der Waals surface area contributed by atoms with Gasteiger partial charge in [0.1, 0.15) is 23.0 Å². The Hall–Kier alpha value is -2.52. The molecule has 0 aliphatic rings. The van der Waals surface area contributed by atoms with Crippen LogP contribution < -0.4 is 0 Å². The smallest absolute Gasteiger partial charge is 0.298 e. The Morgan fingerprint density at radius 1 is 0.609 bits per heavy atom. The van der Waals surface area contributed by atoms with Gasteiger partial charge < -0.3 is 0 Å². The van der Waals surface area contributed by atoms with Gasteiger partial charge in [-0.05, 0) is 0 Å². The molecule has 0 spiro atoms. The van der Waals surface area contributed by atoms with E-state index in [2.05, 4.69) is 0 Å². The number of rotatable bonds is 2. The van der Waals surface area contributed by atoms with E-state index in [1.54, 1.807) is 0 Å². The first-order valence-corrected chi connectivity index (χ1v) is 5.56. The first-order valence-electron chi connectivity index (χ1n) is 5.56. The third kappa shape index (κ3) is 2.25. The summed E-state index contributed by atoms with van der Waals surface area (Å²) >= 11 is 0. The average molecular weight is 342 g/mol. The quantitative estimate of drug-likeness (QED) is 0.466. The maximum atomic E-state index is 13.9. The van der Waals surface area contributed by atoms with Crippen molar-refractivity contribution in [1.29, 1.82) is 0 Å². The molecule has 0 aliphatic heterocycles. The van der Waals surface area contributed by atoms with Crippen molar-refractivity contribution >= 4 is 23.3 Å². The van der Waals surface area contributed by atoms with Gasteiger partial charge in [0, 0.05) is 5.39 Å². The number of alkyl halides is 3. The summed E-state index contributed by atoms with van der Waals surface area (Å²) in [5.41, 5.74) is -6.13. The highest BCUT2D eigenvalue weighted by atomic mass is 19.4. The van der Waals surface area contributed by atoms with Crippen LogP contribution in [0.15, 0.2) is 0 Å². The molecule has 2 aromatic carbocycles. The van der Waals surface area contributed by atoms with Gasteiger partial charge in [0.15, 0.2) is 24.2 Å². The minimum atomic E-state index is -5.68. The third-order valence-corrected chi connectivity index (χ3v) is 3.04. The summed E-state index contributed by atoms with van der Waals surface area (Å²) in [4.78, 5) is 21.1. The lowest BCUT2D eigenvalue weighted by Gasteiger charge is -2.16. The van der Waals surface area contributed by atoms with Crippen molar-refractivity contribution in [1.82, 2.24) is 0 Å². The fourth-order valence-corrected chi connectivity index (χ4v) is 2.07. The van der Waals surface area contributed by atoms with Gasteiger partial charge in [-0.1, -0.05) is 0 Å². The molecule has 0 fully saturated rings. The van der Waals surface area contributed by atoms with Gasteiger partial charge in [-0.3, -0.25) is 9.59 Å². The van der Waals surface area contributed by atoms with E-state index >= 15 is 0 Å². The lowest BCUT2D eigenvalue weighted by molar-refractivity contribution is -0.138. The molecule has 0 saturated carbocycles. The van der Waals surface area contributed by atoms with E-state index < -0.39 is 75.3 Å². The number of carbonyl (C=O) groups excluding carboxylic acids is 2. The topological polar surface area (TPSA) is 34.1 Å². The van der Waals surface area contributed by atoms with Crippen molar-refractivity contribution in [2.75, 3.05) is 0 Å². The van der Waals surface area contributed by atoms with Crippen molar-refractivity contribution < 1.29 is 44.7 Å². The van der Waals surface area contributed by atoms with Crippen molar-refractivity contribution in [3.05, 3.63) is 45.8 Å². The molecule has 0 saturated heterocycles.